The van der Waals surface area contributed by atoms with Crippen molar-refractivity contribution in [2.24, 2.45) is 0 Å². The van der Waals surface area contributed by atoms with E-state index in [1.54, 1.807) is 6.07 Å². The van der Waals surface area contributed by atoms with Gasteiger partial charge in [-0.2, -0.15) is 0 Å². The number of ether oxygens (including phenoxy) is 1. The van der Waals surface area contributed by atoms with Crippen LogP contribution >= 0.6 is 0 Å². The van der Waals surface area contributed by atoms with Crippen LogP contribution in [0.1, 0.15) is 46.3 Å². The van der Waals surface area contributed by atoms with Gasteiger partial charge in [0.25, 0.3) is 5.91 Å². The van der Waals surface area contributed by atoms with Gasteiger partial charge in [-0.25, -0.2) is 13.6 Å². The number of fused-ring (bicyclic) bond motifs is 1. The Morgan fingerprint density at radius 2 is 1.82 bits per heavy atom. The molecule has 3 aromatic carbocycles. The van der Waals surface area contributed by atoms with E-state index in [-0.39, 0.29) is 29.7 Å². The molecule has 1 aliphatic carbocycles. The van der Waals surface area contributed by atoms with Crippen LogP contribution in [0.15, 0.2) is 59.0 Å². The lowest BCUT2D eigenvalue weighted by Crippen LogP contribution is -2.33. The summed E-state index contributed by atoms with van der Waals surface area (Å²) in [5, 5.41) is 22.0. The van der Waals surface area contributed by atoms with Crippen molar-refractivity contribution in [2.45, 2.75) is 24.8 Å². The van der Waals surface area contributed by atoms with E-state index >= 15 is 0 Å². The van der Waals surface area contributed by atoms with Crippen molar-refractivity contribution in [2.75, 3.05) is 18.6 Å². The number of hydrogen-bond donors (Lipinski definition) is 3. The second-order valence-electron chi connectivity index (χ2n) is 9.69. The summed E-state index contributed by atoms with van der Waals surface area (Å²) in [5.74, 6) is -1.20. The minimum atomic E-state index is -1.97. The lowest BCUT2D eigenvalue weighted by atomic mass is 9.79. The standard InChI is InChI=1S/C28H23BF2N2O6/c1-32-27(34)25-19-11-18(14-2-3-14)22(12-24(19)39-26(25)15-4-7-17(30)8-5-15)33-23(13-38-28(33)35)16-6-9-20(29(36)37)21(31)10-16/h4-12,14,23,36-37H,2-3,13H2,1H3,(H,32,34)/t23-/m0/s1. The minimum Gasteiger partial charge on any atom is -0.455 e. The average molecular weight is 532 g/mol. The number of rotatable bonds is 6. The molecule has 1 atom stereocenters. The summed E-state index contributed by atoms with van der Waals surface area (Å²) in [4.78, 5) is 27.5. The fraction of sp³-hybridized carbons (Fsp3) is 0.214. The number of carbonyl (C=O) groups is 2. The van der Waals surface area contributed by atoms with Crippen molar-refractivity contribution >= 4 is 41.2 Å². The first-order chi connectivity index (χ1) is 18.8. The fourth-order valence-corrected chi connectivity index (χ4v) is 5.13. The highest BCUT2D eigenvalue weighted by Crippen LogP contribution is 2.49. The zero-order chi connectivity index (χ0) is 27.4. The normalized spacial score (nSPS) is 17.0. The summed E-state index contributed by atoms with van der Waals surface area (Å²) in [5.41, 5.74) is 2.64. The van der Waals surface area contributed by atoms with Crippen molar-refractivity contribution in [3.63, 3.8) is 0 Å². The molecule has 2 fully saturated rings. The zero-order valence-corrected chi connectivity index (χ0v) is 20.8. The lowest BCUT2D eigenvalue weighted by molar-refractivity contribution is 0.0964. The second kappa shape index (κ2) is 9.51. The Bertz CT molecular complexity index is 1620. The molecule has 0 spiro atoms. The Morgan fingerprint density at radius 3 is 2.46 bits per heavy atom. The monoisotopic (exact) mass is 532 g/mol. The van der Waals surface area contributed by atoms with Crippen LogP contribution < -0.4 is 15.7 Å². The quantitative estimate of drug-likeness (QED) is 0.324. The highest BCUT2D eigenvalue weighted by molar-refractivity contribution is 6.58. The second-order valence-corrected chi connectivity index (χ2v) is 9.69. The fourth-order valence-electron chi connectivity index (χ4n) is 5.13. The number of furan rings is 1. The average Bonchev–Trinajstić information content (AvgIpc) is 3.60. The van der Waals surface area contributed by atoms with Gasteiger partial charge in [0.2, 0.25) is 0 Å². The smallest absolute Gasteiger partial charge is 0.455 e. The number of anilines is 1. The molecular weight excluding hydrogens is 509 g/mol. The van der Waals surface area contributed by atoms with Crippen LogP contribution in [0.4, 0.5) is 19.3 Å². The maximum absolute atomic E-state index is 14.6. The third kappa shape index (κ3) is 4.33. The van der Waals surface area contributed by atoms with Crippen molar-refractivity contribution in [1.82, 2.24) is 5.32 Å². The topological polar surface area (TPSA) is 112 Å². The first kappa shape index (κ1) is 25.1. The molecule has 2 aliphatic rings. The number of amides is 2. The van der Waals surface area contributed by atoms with Crippen molar-refractivity contribution in [3.8, 4) is 11.3 Å². The SMILES string of the molecule is CNC(=O)c1c(-c2ccc(F)cc2)oc2cc(N3C(=O)OC[C@H]3c3ccc(B(O)O)c(F)c3)c(C3CC3)cc12. The maximum atomic E-state index is 14.6. The highest BCUT2D eigenvalue weighted by Gasteiger charge is 2.40. The van der Waals surface area contributed by atoms with Crippen LogP contribution in [0, 0.1) is 11.6 Å². The molecule has 2 heterocycles. The van der Waals surface area contributed by atoms with Crippen LogP contribution in [0.2, 0.25) is 0 Å². The van der Waals surface area contributed by atoms with E-state index in [0.717, 1.165) is 24.5 Å². The molecule has 3 N–H and O–H groups in total. The van der Waals surface area contributed by atoms with Gasteiger partial charge in [-0.3, -0.25) is 9.69 Å². The molecule has 1 aromatic heterocycles. The van der Waals surface area contributed by atoms with Crippen LogP contribution in [0.3, 0.4) is 0 Å². The molecule has 0 unspecified atom stereocenters. The van der Waals surface area contributed by atoms with Gasteiger partial charge in [0.05, 0.1) is 17.3 Å². The van der Waals surface area contributed by atoms with Crippen molar-refractivity contribution < 1.29 is 37.6 Å². The Labute approximate surface area is 221 Å². The van der Waals surface area contributed by atoms with Crippen LogP contribution in [0.25, 0.3) is 22.3 Å². The van der Waals surface area contributed by atoms with E-state index in [9.17, 15) is 28.4 Å². The molecule has 1 saturated heterocycles. The van der Waals surface area contributed by atoms with Gasteiger partial charge >= 0.3 is 13.2 Å². The number of cyclic esters (lactones) is 1. The van der Waals surface area contributed by atoms with E-state index in [1.807, 2.05) is 6.07 Å². The number of carbonyl (C=O) groups excluding carboxylic acids is 2. The molecule has 6 rings (SSSR count). The summed E-state index contributed by atoms with van der Waals surface area (Å²) in [6.07, 6.45) is 1.16. The lowest BCUT2D eigenvalue weighted by Gasteiger charge is -2.25. The van der Waals surface area contributed by atoms with Crippen molar-refractivity contribution in [3.05, 3.63) is 82.9 Å². The number of halogens is 2. The number of nitrogens with one attached hydrogen (secondary N) is 1. The molecular formula is C28H23BF2N2O6. The van der Waals surface area contributed by atoms with Gasteiger partial charge in [-0.05, 0) is 66.3 Å². The van der Waals surface area contributed by atoms with Gasteiger partial charge in [0, 0.05) is 29.5 Å². The summed E-state index contributed by atoms with van der Waals surface area (Å²) >= 11 is 0. The summed E-state index contributed by atoms with van der Waals surface area (Å²) in [6.45, 7) is -0.0378. The molecule has 0 radical (unpaired) electrons. The number of hydrogen-bond acceptors (Lipinski definition) is 6. The first-order valence-corrected chi connectivity index (χ1v) is 12.5. The third-order valence-electron chi connectivity index (χ3n) is 7.24. The van der Waals surface area contributed by atoms with Crippen molar-refractivity contribution in [1.29, 1.82) is 0 Å². The predicted molar refractivity (Wildman–Crippen MR) is 140 cm³/mol. The highest BCUT2D eigenvalue weighted by atomic mass is 19.1. The van der Waals surface area contributed by atoms with Crippen LogP contribution in [-0.4, -0.2) is 42.8 Å². The zero-order valence-electron chi connectivity index (χ0n) is 20.8. The molecule has 1 aliphatic heterocycles. The molecule has 2 amide bonds. The Balaban J connectivity index is 1.52. The van der Waals surface area contributed by atoms with Crippen LogP contribution in [-0.2, 0) is 4.74 Å². The van der Waals surface area contributed by atoms with Gasteiger partial charge in [0.15, 0.2) is 0 Å². The van der Waals surface area contributed by atoms with Gasteiger partial charge in [0.1, 0.15) is 29.6 Å². The number of nitrogens with zero attached hydrogens (tertiary/aromatic N) is 1. The van der Waals surface area contributed by atoms with Gasteiger partial charge in [-0.15, -0.1) is 0 Å². The van der Waals surface area contributed by atoms with E-state index < -0.39 is 30.9 Å². The predicted octanol–water partition coefficient (Wildman–Crippen LogP) is 3.99. The van der Waals surface area contributed by atoms with Gasteiger partial charge in [-0.1, -0.05) is 12.1 Å². The molecule has 8 nitrogen and oxygen atoms in total. The Morgan fingerprint density at radius 1 is 1.08 bits per heavy atom. The molecule has 39 heavy (non-hydrogen) atoms. The Kier molecular flexibility index (Phi) is 6.12. The van der Waals surface area contributed by atoms with E-state index in [1.165, 1.54) is 48.3 Å². The summed E-state index contributed by atoms with van der Waals surface area (Å²) < 4.78 is 39.7. The van der Waals surface area contributed by atoms with E-state index in [4.69, 9.17) is 9.15 Å². The molecule has 198 valence electrons. The molecule has 4 aromatic rings. The number of benzene rings is 3. The minimum absolute atomic E-state index is 0.0378. The van der Waals surface area contributed by atoms with Gasteiger partial charge < -0.3 is 24.5 Å². The third-order valence-corrected chi connectivity index (χ3v) is 7.24. The van der Waals surface area contributed by atoms with E-state index in [0.29, 0.717) is 33.3 Å². The molecule has 11 heteroatoms. The summed E-state index contributed by atoms with van der Waals surface area (Å²) in [7, 11) is -0.458. The summed E-state index contributed by atoms with van der Waals surface area (Å²) in [6, 6.07) is 12.4. The molecule has 1 saturated carbocycles. The van der Waals surface area contributed by atoms with Crippen LogP contribution in [0.5, 0.6) is 0 Å². The maximum Gasteiger partial charge on any atom is 0.491 e. The van der Waals surface area contributed by atoms with E-state index in [2.05, 4.69) is 5.32 Å². The molecule has 0 bridgehead atoms. The first-order valence-electron chi connectivity index (χ1n) is 12.5. The Hall–Kier alpha value is -4.22. The largest absolute Gasteiger partial charge is 0.491 e.